The van der Waals surface area contributed by atoms with Crippen molar-refractivity contribution in [2.24, 2.45) is 0 Å². The van der Waals surface area contributed by atoms with Gasteiger partial charge in [0.25, 0.3) is 5.91 Å². The Hall–Kier alpha value is -4.80. The molecule has 1 aromatic heterocycles. The maximum absolute atomic E-state index is 12.5. The van der Waals surface area contributed by atoms with Gasteiger partial charge < -0.3 is 25.0 Å². The van der Waals surface area contributed by atoms with Gasteiger partial charge in [-0.1, -0.05) is 60.7 Å². The molecule has 1 aliphatic rings. The molecule has 0 saturated carbocycles. The summed E-state index contributed by atoms with van der Waals surface area (Å²) in [5, 5.41) is 21.7. The van der Waals surface area contributed by atoms with Gasteiger partial charge in [-0.05, 0) is 76.3 Å². The SMILES string of the molecule is O=C(O)c1ccc(SCC2CC(c3ccc(CO)cc3)OC(c3cccc(-c4cccc(CNC(=O)c5cccnc5)c4)c3)O2)cc1. The summed E-state index contributed by atoms with van der Waals surface area (Å²) >= 11 is 1.61. The van der Waals surface area contributed by atoms with Crippen LogP contribution in [0, 0.1) is 0 Å². The van der Waals surface area contributed by atoms with Gasteiger partial charge in [0.15, 0.2) is 6.29 Å². The van der Waals surface area contributed by atoms with E-state index in [2.05, 4.69) is 22.4 Å². The molecule has 47 heavy (non-hydrogen) atoms. The number of benzene rings is 4. The number of rotatable bonds is 11. The number of carbonyl (C=O) groups excluding carboxylic acids is 1. The second-order valence-electron chi connectivity index (χ2n) is 11.2. The Morgan fingerprint density at radius 1 is 0.809 bits per heavy atom. The van der Waals surface area contributed by atoms with E-state index in [-0.39, 0.29) is 30.3 Å². The summed E-state index contributed by atoms with van der Waals surface area (Å²) in [6.07, 6.45) is 2.84. The Morgan fingerprint density at radius 2 is 1.57 bits per heavy atom. The van der Waals surface area contributed by atoms with Crippen LogP contribution in [0.4, 0.5) is 0 Å². The van der Waals surface area contributed by atoms with Gasteiger partial charge in [0, 0.05) is 41.6 Å². The molecule has 8 nitrogen and oxygen atoms in total. The van der Waals surface area contributed by atoms with Crippen LogP contribution >= 0.6 is 11.8 Å². The van der Waals surface area contributed by atoms with E-state index in [9.17, 15) is 19.8 Å². The van der Waals surface area contributed by atoms with Gasteiger partial charge in [0.1, 0.15) is 0 Å². The average molecular weight is 647 g/mol. The molecule has 0 bridgehead atoms. The van der Waals surface area contributed by atoms with Crippen molar-refractivity contribution in [1.29, 1.82) is 0 Å². The maximum Gasteiger partial charge on any atom is 0.335 e. The number of aromatic nitrogens is 1. The van der Waals surface area contributed by atoms with Crippen molar-refractivity contribution >= 4 is 23.6 Å². The first kappa shape index (κ1) is 32.2. The lowest BCUT2D eigenvalue weighted by Crippen LogP contribution is -2.31. The largest absolute Gasteiger partial charge is 0.478 e. The number of hydrogen-bond donors (Lipinski definition) is 3. The molecule has 1 aliphatic heterocycles. The molecule has 2 heterocycles. The van der Waals surface area contributed by atoms with E-state index in [4.69, 9.17) is 9.47 Å². The van der Waals surface area contributed by atoms with E-state index < -0.39 is 12.3 Å². The fourth-order valence-corrected chi connectivity index (χ4v) is 6.33. The van der Waals surface area contributed by atoms with E-state index >= 15 is 0 Å². The summed E-state index contributed by atoms with van der Waals surface area (Å²) in [6.45, 7) is 0.355. The Labute approximate surface area is 277 Å². The van der Waals surface area contributed by atoms with Crippen molar-refractivity contribution in [3.63, 3.8) is 0 Å². The van der Waals surface area contributed by atoms with Crippen molar-refractivity contribution < 1.29 is 29.3 Å². The molecule has 1 amide bonds. The fourth-order valence-electron chi connectivity index (χ4n) is 5.41. The molecule has 9 heteroatoms. The van der Waals surface area contributed by atoms with Crippen molar-refractivity contribution in [2.75, 3.05) is 5.75 Å². The van der Waals surface area contributed by atoms with Crippen molar-refractivity contribution in [1.82, 2.24) is 10.3 Å². The molecule has 3 atom stereocenters. The third kappa shape index (κ3) is 8.33. The number of amides is 1. The van der Waals surface area contributed by atoms with Crippen molar-refractivity contribution in [3.05, 3.63) is 155 Å². The number of aliphatic hydroxyl groups excluding tert-OH is 1. The number of carbonyl (C=O) groups is 2. The second kappa shape index (κ2) is 15.2. The maximum atomic E-state index is 12.5. The summed E-state index contributed by atoms with van der Waals surface area (Å²) in [7, 11) is 0. The minimum atomic E-state index is -0.950. The smallest absolute Gasteiger partial charge is 0.335 e. The lowest BCUT2D eigenvalue weighted by atomic mass is 9.99. The molecule has 4 aromatic carbocycles. The van der Waals surface area contributed by atoms with Crippen LogP contribution in [0.2, 0.25) is 0 Å². The third-order valence-electron chi connectivity index (χ3n) is 7.95. The average Bonchev–Trinajstić information content (AvgIpc) is 3.13. The highest BCUT2D eigenvalue weighted by Crippen LogP contribution is 2.40. The minimum absolute atomic E-state index is 0.0255. The Bertz CT molecular complexity index is 1820. The zero-order chi connectivity index (χ0) is 32.6. The summed E-state index contributed by atoms with van der Waals surface area (Å²) in [4.78, 5) is 28.8. The Balaban J connectivity index is 1.19. The molecule has 0 radical (unpaired) electrons. The van der Waals surface area contributed by atoms with Gasteiger partial charge in [-0.2, -0.15) is 0 Å². The minimum Gasteiger partial charge on any atom is -0.478 e. The number of carboxylic acids is 1. The third-order valence-corrected chi connectivity index (χ3v) is 9.09. The highest BCUT2D eigenvalue weighted by molar-refractivity contribution is 7.99. The van der Waals surface area contributed by atoms with Crippen LogP contribution in [0.25, 0.3) is 11.1 Å². The number of pyridine rings is 1. The van der Waals surface area contributed by atoms with Gasteiger partial charge >= 0.3 is 5.97 Å². The Kier molecular flexibility index (Phi) is 10.4. The molecule has 5 aromatic rings. The molecule has 1 saturated heterocycles. The lowest BCUT2D eigenvalue weighted by molar-refractivity contribution is -0.245. The molecular weight excluding hydrogens is 612 g/mol. The van der Waals surface area contributed by atoms with Crippen LogP contribution in [-0.2, 0) is 22.6 Å². The van der Waals surface area contributed by atoms with E-state index in [0.29, 0.717) is 24.3 Å². The van der Waals surface area contributed by atoms with Gasteiger partial charge in [-0.3, -0.25) is 9.78 Å². The summed E-state index contributed by atoms with van der Waals surface area (Å²) in [5.41, 5.74) is 6.46. The van der Waals surface area contributed by atoms with Crippen LogP contribution < -0.4 is 5.32 Å². The quantitative estimate of drug-likeness (QED) is 0.129. The highest BCUT2D eigenvalue weighted by atomic mass is 32.2. The fraction of sp³-hybridized carbons (Fsp3) is 0.184. The summed E-state index contributed by atoms with van der Waals surface area (Å²) < 4.78 is 13.1. The monoisotopic (exact) mass is 646 g/mol. The van der Waals surface area contributed by atoms with Crippen molar-refractivity contribution in [2.45, 2.75) is 43.0 Å². The van der Waals surface area contributed by atoms with Gasteiger partial charge in [-0.25, -0.2) is 4.79 Å². The number of ether oxygens (including phenoxy) is 2. The van der Waals surface area contributed by atoms with Crippen LogP contribution in [0.3, 0.4) is 0 Å². The molecule has 0 aliphatic carbocycles. The molecule has 3 unspecified atom stereocenters. The van der Waals surface area contributed by atoms with Crippen LogP contribution in [0.5, 0.6) is 0 Å². The first-order chi connectivity index (χ1) is 22.9. The molecule has 1 fully saturated rings. The van der Waals surface area contributed by atoms with Crippen molar-refractivity contribution in [3.8, 4) is 11.1 Å². The molecule has 6 rings (SSSR count). The standard InChI is InChI=1S/C38H34N2O6S/c41-23-25-9-11-27(12-10-25)35-20-33(24-47-34-15-13-28(14-16-34)37(43)44)45-38(46-35)31-7-2-6-30(19-31)29-5-1-4-26(18-29)21-40-36(42)32-8-3-17-39-22-32/h1-19,22,33,35,38,41H,20-21,23-24H2,(H,40,42)(H,43,44). The first-order valence-corrected chi connectivity index (χ1v) is 16.3. The molecule has 0 spiro atoms. The topological polar surface area (TPSA) is 118 Å². The number of hydrogen-bond acceptors (Lipinski definition) is 7. The highest BCUT2D eigenvalue weighted by Gasteiger charge is 2.32. The zero-order valence-corrected chi connectivity index (χ0v) is 26.3. The van der Waals surface area contributed by atoms with Crippen LogP contribution in [0.1, 0.15) is 61.8 Å². The molecule has 3 N–H and O–H groups in total. The number of nitrogens with zero attached hydrogens (tertiary/aromatic N) is 1. The van der Waals surface area contributed by atoms with E-state index in [0.717, 1.165) is 38.3 Å². The van der Waals surface area contributed by atoms with Crippen LogP contribution in [-0.4, -0.2) is 38.9 Å². The molecular formula is C38H34N2O6S. The van der Waals surface area contributed by atoms with E-state index in [1.807, 2.05) is 72.8 Å². The van der Waals surface area contributed by atoms with Gasteiger partial charge in [-0.15, -0.1) is 11.8 Å². The first-order valence-electron chi connectivity index (χ1n) is 15.3. The number of thioether (sulfide) groups is 1. The predicted octanol–water partition coefficient (Wildman–Crippen LogP) is 7.21. The van der Waals surface area contributed by atoms with Gasteiger partial charge in [0.05, 0.1) is 29.9 Å². The number of aromatic carboxylic acids is 1. The van der Waals surface area contributed by atoms with Crippen LogP contribution in [0.15, 0.2) is 126 Å². The Morgan fingerprint density at radius 3 is 2.30 bits per heavy atom. The normalized spacial score (nSPS) is 17.6. The zero-order valence-electron chi connectivity index (χ0n) is 25.5. The molecule has 238 valence electrons. The second-order valence-corrected chi connectivity index (χ2v) is 12.3. The van der Waals surface area contributed by atoms with E-state index in [1.54, 1.807) is 48.4 Å². The number of carboxylic acid groups (broad SMARTS) is 1. The van der Waals surface area contributed by atoms with Gasteiger partial charge in [0.2, 0.25) is 0 Å². The summed E-state index contributed by atoms with van der Waals surface area (Å²) in [6, 6.07) is 34.3. The number of nitrogens with one attached hydrogen (secondary N) is 1. The number of aliphatic hydroxyl groups is 1. The van der Waals surface area contributed by atoms with E-state index in [1.165, 1.54) is 0 Å². The summed E-state index contributed by atoms with van der Waals surface area (Å²) in [5.74, 6) is -0.472. The predicted molar refractivity (Wildman–Crippen MR) is 180 cm³/mol. The lowest BCUT2D eigenvalue weighted by Gasteiger charge is -2.36.